The van der Waals surface area contributed by atoms with E-state index >= 15 is 0 Å². The lowest BCUT2D eigenvalue weighted by molar-refractivity contribution is -0.131. The number of esters is 1. The van der Waals surface area contributed by atoms with Crippen LogP contribution in [0, 0.1) is 0 Å². The smallest absolute Gasteiger partial charge is 0.359 e. The predicted molar refractivity (Wildman–Crippen MR) is 109 cm³/mol. The Balaban J connectivity index is 1.85. The maximum atomic E-state index is 12.8. The number of fused-ring (bicyclic) bond motifs is 1. The van der Waals surface area contributed by atoms with Crippen molar-refractivity contribution in [2.75, 3.05) is 27.2 Å². The van der Waals surface area contributed by atoms with Crippen LogP contribution in [0.2, 0.25) is 0 Å². The molecular weight excluding hydrogens is 388 g/mol. The summed E-state index contributed by atoms with van der Waals surface area (Å²) in [6.45, 7) is -0.788. The van der Waals surface area contributed by atoms with Gasteiger partial charge in [-0.2, -0.15) is 9.78 Å². The standard InChI is InChI=1S/C21H20N4O5/c1-24(2)18(27)12-22-17(26)13-30-21(29)19-15-10-6-7-11-16(15)20(28)25(23-19)14-8-4-3-5-9-14/h3-11H,12-13H2,1-2H3,(H,22,26). The van der Waals surface area contributed by atoms with Crippen molar-refractivity contribution < 1.29 is 19.1 Å². The number of hydrogen-bond acceptors (Lipinski definition) is 6. The maximum Gasteiger partial charge on any atom is 0.359 e. The lowest BCUT2D eigenvalue weighted by Gasteiger charge is -2.12. The summed E-state index contributed by atoms with van der Waals surface area (Å²) in [4.78, 5) is 50.2. The molecule has 3 aromatic rings. The third kappa shape index (κ3) is 4.52. The summed E-state index contributed by atoms with van der Waals surface area (Å²) in [5.41, 5.74) is 0.0155. The first-order valence-electron chi connectivity index (χ1n) is 9.10. The van der Waals surface area contributed by atoms with E-state index in [9.17, 15) is 19.2 Å². The highest BCUT2D eigenvalue weighted by Crippen LogP contribution is 2.16. The van der Waals surface area contributed by atoms with Crippen LogP contribution in [0.15, 0.2) is 59.4 Å². The van der Waals surface area contributed by atoms with Crippen molar-refractivity contribution in [1.82, 2.24) is 20.0 Å². The van der Waals surface area contributed by atoms with Crippen molar-refractivity contribution in [3.63, 3.8) is 0 Å². The highest BCUT2D eigenvalue weighted by atomic mass is 16.5. The summed E-state index contributed by atoms with van der Waals surface area (Å²) >= 11 is 0. The Morgan fingerprint density at radius 2 is 1.63 bits per heavy atom. The number of aromatic nitrogens is 2. The number of rotatable bonds is 6. The van der Waals surface area contributed by atoms with Gasteiger partial charge < -0.3 is 15.0 Å². The Morgan fingerprint density at radius 1 is 1.00 bits per heavy atom. The molecule has 0 saturated carbocycles. The minimum absolute atomic E-state index is 0.0915. The molecule has 0 fully saturated rings. The van der Waals surface area contributed by atoms with Gasteiger partial charge in [0, 0.05) is 19.5 Å². The van der Waals surface area contributed by atoms with Gasteiger partial charge in [0.05, 0.1) is 17.6 Å². The van der Waals surface area contributed by atoms with Gasteiger partial charge >= 0.3 is 5.97 Å². The van der Waals surface area contributed by atoms with E-state index in [4.69, 9.17) is 4.74 Å². The van der Waals surface area contributed by atoms with Gasteiger partial charge in [0.1, 0.15) is 0 Å². The summed E-state index contributed by atoms with van der Waals surface area (Å²) in [5.74, 6) is -1.78. The Morgan fingerprint density at radius 3 is 2.30 bits per heavy atom. The number of carbonyl (C=O) groups excluding carboxylic acids is 3. The van der Waals surface area contributed by atoms with Crippen molar-refractivity contribution in [3.05, 3.63) is 70.6 Å². The molecule has 154 valence electrons. The summed E-state index contributed by atoms with van der Waals surface area (Å²) in [6.07, 6.45) is 0. The summed E-state index contributed by atoms with van der Waals surface area (Å²) < 4.78 is 6.19. The number of nitrogens with zero attached hydrogens (tertiary/aromatic N) is 3. The second kappa shape index (κ2) is 8.99. The quantitative estimate of drug-likeness (QED) is 0.603. The molecule has 9 heteroatoms. The van der Waals surface area contributed by atoms with E-state index in [0.717, 1.165) is 4.68 Å². The van der Waals surface area contributed by atoms with E-state index in [1.807, 2.05) is 0 Å². The van der Waals surface area contributed by atoms with Gasteiger partial charge in [-0.15, -0.1) is 0 Å². The van der Waals surface area contributed by atoms with E-state index in [2.05, 4.69) is 10.4 Å². The molecule has 1 N–H and O–H groups in total. The lowest BCUT2D eigenvalue weighted by atomic mass is 10.1. The first-order chi connectivity index (χ1) is 14.4. The topological polar surface area (TPSA) is 111 Å². The van der Waals surface area contributed by atoms with Crippen LogP contribution < -0.4 is 10.9 Å². The number of benzene rings is 2. The van der Waals surface area contributed by atoms with Gasteiger partial charge in [0.25, 0.3) is 11.5 Å². The van der Waals surface area contributed by atoms with Gasteiger partial charge in [-0.1, -0.05) is 36.4 Å². The molecule has 1 aromatic heterocycles. The summed E-state index contributed by atoms with van der Waals surface area (Å²) in [7, 11) is 3.12. The first-order valence-corrected chi connectivity index (χ1v) is 9.10. The molecule has 0 aliphatic carbocycles. The van der Waals surface area contributed by atoms with E-state index in [0.29, 0.717) is 16.5 Å². The number of likely N-dealkylation sites (N-methyl/N-ethyl adjacent to an activating group) is 1. The number of ether oxygens (including phenoxy) is 1. The average molecular weight is 408 g/mol. The van der Waals surface area contributed by atoms with Crippen LogP contribution in [-0.2, 0) is 14.3 Å². The fourth-order valence-electron chi connectivity index (χ4n) is 2.67. The molecule has 0 radical (unpaired) electrons. The zero-order chi connectivity index (χ0) is 21.7. The molecule has 30 heavy (non-hydrogen) atoms. The number of para-hydroxylation sites is 1. The molecule has 3 rings (SSSR count). The van der Waals surface area contributed by atoms with E-state index in [-0.39, 0.29) is 23.7 Å². The Hall–Kier alpha value is -4.01. The average Bonchev–Trinajstić information content (AvgIpc) is 2.76. The molecule has 2 aromatic carbocycles. The molecule has 1 heterocycles. The third-order valence-corrected chi connectivity index (χ3v) is 4.27. The minimum Gasteiger partial charge on any atom is -0.451 e. The number of hydrogen-bond donors (Lipinski definition) is 1. The molecule has 0 bridgehead atoms. The molecule has 0 aliphatic heterocycles. The zero-order valence-corrected chi connectivity index (χ0v) is 16.5. The van der Waals surface area contributed by atoms with Crippen LogP contribution in [0.3, 0.4) is 0 Å². The van der Waals surface area contributed by atoms with Crippen molar-refractivity contribution in [2.24, 2.45) is 0 Å². The first kappa shape index (κ1) is 20.7. The predicted octanol–water partition coefficient (Wildman–Crippen LogP) is 0.747. The molecule has 0 saturated heterocycles. The minimum atomic E-state index is -0.857. The third-order valence-electron chi connectivity index (χ3n) is 4.27. The second-order valence-electron chi connectivity index (χ2n) is 6.59. The highest BCUT2D eigenvalue weighted by molar-refractivity contribution is 6.02. The van der Waals surface area contributed by atoms with E-state index < -0.39 is 18.5 Å². The van der Waals surface area contributed by atoms with Crippen LogP contribution in [0.1, 0.15) is 10.5 Å². The Kier molecular flexibility index (Phi) is 6.21. The summed E-state index contributed by atoms with van der Waals surface area (Å²) in [6, 6.07) is 15.2. The van der Waals surface area contributed by atoms with Crippen LogP contribution >= 0.6 is 0 Å². The van der Waals surface area contributed by atoms with Crippen LogP contribution in [0.5, 0.6) is 0 Å². The van der Waals surface area contributed by atoms with Gasteiger partial charge in [0.2, 0.25) is 5.91 Å². The monoisotopic (exact) mass is 408 g/mol. The normalized spacial score (nSPS) is 10.5. The van der Waals surface area contributed by atoms with Gasteiger partial charge in [-0.25, -0.2) is 4.79 Å². The molecule has 0 spiro atoms. The van der Waals surface area contributed by atoms with E-state index in [1.165, 1.54) is 4.90 Å². The lowest BCUT2D eigenvalue weighted by Crippen LogP contribution is -2.38. The summed E-state index contributed by atoms with van der Waals surface area (Å²) in [5, 5.41) is 7.17. The molecule has 0 aliphatic rings. The molecule has 9 nitrogen and oxygen atoms in total. The molecule has 0 unspecified atom stereocenters. The van der Waals surface area contributed by atoms with Gasteiger partial charge in [-0.05, 0) is 18.2 Å². The van der Waals surface area contributed by atoms with Crippen molar-refractivity contribution in [3.8, 4) is 5.69 Å². The molecular formula is C21H20N4O5. The SMILES string of the molecule is CN(C)C(=O)CNC(=O)COC(=O)c1nn(-c2ccccc2)c(=O)c2ccccc12. The van der Waals surface area contributed by atoms with Gasteiger partial charge in [-0.3, -0.25) is 14.4 Å². The zero-order valence-electron chi connectivity index (χ0n) is 16.5. The number of nitrogens with one attached hydrogen (secondary N) is 1. The number of carbonyl (C=O) groups is 3. The fraction of sp³-hybridized carbons (Fsp3) is 0.190. The highest BCUT2D eigenvalue weighted by Gasteiger charge is 2.19. The van der Waals surface area contributed by atoms with E-state index in [1.54, 1.807) is 68.7 Å². The largest absolute Gasteiger partial charge is 0.451 e. The van der Waals surface area contributed by atoms with Gasteiger partial charge in [0.15, 0.2) is 12.3 Å². The second-order valence-corrected chi connectivity index (χ2v) is 6.59. The Labute approximate surface area is 171 Å². The number of amides is 2. The molecule has 2 amide bonds. The van der Waals surface area contributed by atoms with Crippen molar-refractivity contribution in [2.45, 2.75) is 0 Å². The fourth-order valence-corrected chi connectivity index (χ4v) is 2.67. The van der Waals surface area contributed by atoms with Crippen LogP contribution in [-0.4, -0.2) is 59.7 Å². The van der Waals surface area contributed by atoms with Crippen molar-refractivity contribution >= 4 is 28.6 Å². The Bertz CT molecular complexity index is 1160. The van der Waals surface area contributed by atoms with Crippen molar-refractivity contribution in [1.29, 1.82) is 0 Å². The van der Waals surface area contributed by atoms with Crippen LogP contribution in [0.4, 0.5) is 0 Å². The molecule has 0 atom stereocenters. The van der Waals surface area contributed by atoms with Crippen LogP contribution in [0.25, 0.3) is 16.5 Å². The maximum absolute atomic E-state index is 12.8.